The Morgan fingerprint density at radius 2 is 2.07 bits per heavy atom. The fraction of sp³-hybridized carbons (Fsp3) is 0.455. The van der Waals surface area contributed by atoms with Gasteiger partial charge in [0, 0.05) is 30.8 Å². The van der Waals surface area contributed by atoms with Crippen LogP contribution in [0.5, 0.6) is 11.6 Å². The number of ether oxygens (including phenoxy) is 2. The van der Waals surface area contributed by atoms with Crippen molar-refractivity contribution in [3.05, 3.63) is 42.1 Å². The van der Waals surface area contributed by atoms with E-state index < -0.39 is 0 Å². The van der Waals surface area contributed by atoms with Crippen LogP contribution in [0.1, 0.15) is 24.2 Å². The smallest absolute Gasteiger partial charge is 0.259 e. The van der Waals surface area contributed by atoms with Gasteiger partial charge >= 0.3 is 0 Å². The molecule has 1 aliphatic rings. The minimum absolute atomic E-state index is 0.0802. The normalized spacial score (nSPS) is 20.3. The molecule has 3 rings (SSSR count). The summed E-state index contributed by atoms with van der Waals surface area (Å²) in [6.45, 7) is 4.93. The molecule has 0 unspecified atom stereocenters. The van der Waals surface area contributed by atoms with E-state index in [2.05, 4.69) is 10.3 Å². The first-order valence-electron chi connectivity index (χ1n) is 9.86. The standard InChI is InChI=1S/C22H29N3O4/c1-14-12-25(15(2)13-26)22(27)19-9-17(16-5-7-18(28-4)8-6-16)10-24-21(19)29-20(14)11-23-3/h5-10,14-15,20,23,26H,11-13H2,1-4H3/t14-,15-,20+/m1/s1. The van der Waals surface area contributed by atoms with Gasteiger partial charge < -0.3 is 24.8 Å². The Kier molecular flexibility index (Phi) is 6.71. The molecule has 0 spiro atoms. The second-order valence-electron chi connectivity index (χ2n) is 7.49. The Hall–Kier alpha value is -2.64. The number of nitrogens with one attached hydrogen (secondary N) is 1. The van der Waals surface area contributed by atoms with Crippen LogP contribution in [0.3, 0.4) is 0 Å². The number of aliphatic hydroxyl groups is 1. The predicted molar refractivity (Wildman–Crippen MR) is 111 cm³/mol. The number of carbonyl (C=O) groups excluding carboxylic acids is 1. The molecule has 2 heterocycles. The molecular formula is C22H29N3O4. The Labute approximate surface area is 171 Å². The van der Waals surface area contributed by atoms with Gasteiger partial charge in [0.15, 0.2) is 0 Å². The van der Waals surface area contributed by atoms with E-state index in [1.54, 1.807) is 18.2 Å². The van der Waals surface area contributed by atoms with E-state index in [4.69, 9.17) is 9.47 Å². The average molecular weight is 399 g/mol. The predicted octanol–water partition coefficient (Wildman–Crippen LogP) is 2.20. The van der Waals surface area contributed by atoms with E-state index in [9.17, 15) is 9.90 Å². The summed E-state index contributed by atoms with van der Waals surface area (Å²) in [6.07, 6.45) is 1.58. The zero-order valence-electron chi connectivity index (χ0n) is 17.4. The van der Waals surface area contributed by atoms with Gasteiger partial charge in [-0.05, 0) is 37.7 Å². The van der Waals surface area contributed by atoms with E-state index in [-0.39, 0.29) is 30.6 Å². The molecule has 3 atom stereocenters. The highest BCUT2D eigenvalue weighted by molar-refractivity contribution is 5.98. The number of aromatic nitrogens is 1. The van der Waals surface area contributed by atoms with Crippen LogP contribution in [-0.2, 0) is 0 Å². The topological polar surface area (TPSA) is 83.9 Å². The monoisotopic (exact) mass is 399 g/mol. The van der Waals surface area contributed by atoms with E-state index in [1.807, 2.05) is 51.2 Å². The molecule has 156 valence electrons. The van der Waals surface area contributed by atoms with Crippen molar-refractivity contribution in [3.63, 3.8) is 0 Å². The van der Waals surface area contributed by atoms with Crippen molar-refractivity contribution in [2.24, 2.45) is 5.92 Å². The molecule has 0 saturated heterocycles. The summed E-state index contributed by atoms with van der Waals surface area (Å²) >= 11 is 0. The number of rotatable bonds is 6. The third-order valence-electron chi connectivity index (χ3n) is 5.35. The van der Waals surface area contributed by atoms with Gasteiger partial charge in [-0.2, -0.15) is 0 Å². The Morgan fingerprint density at radius 1 is 1.34 bits per heavy atom. The van der Waals surface area contributed by atoms with Crippen molar-refractivity contribution in [1.82, 2.24) is 15.2 Å². The molecule has 1 aliphatic heterocycles. The third-order valence-corrected chi connectivity index (χ3v) is 5.35. The fourth-order valence-corrected chi connectivity index (χ4v) is 3.49. The number of fused-ring (bicyclic) bond motifs is 1. The van der Waals surface area contributed by atoms with Gasteiger partial charge in [-0.25, -0.2) is 4.98 Å². The fourth-order valence-electron chi connectivity index (χ4n) is 3.49. The number of likely N-dealkylation sites (N-methyl/N-ethyl adjacent to an activating group) is 1. The molecule has 0 bridgehead atoms. The lowest BCUT2D eigenvalue weighted by molar-refractivity contribution is 0.0404. The molecular weight excluding hydrogens is 370 g/mol. The number of methoxy groups -OCH3 is 1. The first-order chi connectivity index (χ1) is 14.0. The molecule has 0 fully saturated rings. The summed E-state index contributed by atoms with van der Waals surface area (Å²) in [5, 5.41) is 12.8. The van der Waals surface area contributed by atoms with E-state index in [0.29, 0.717) is 24.5 Å². The quantitative estimate of drug-likeness (QED) is 0.775. The van der Waals surface area contributed by atoms with E-state index in [1.165, 1.54) is 0 Å². The SMILES string of the molecule is CNC[C@@H]1Oc2ncc(-c3ccc(OC)cc3)cc2C(=O)N([C@H](C)CO)C[C@H]1C. The lowest BCUT2D eigenvalue weighted by atomic mass is 9.99. The second-order valence-corrected chi connectivity index (χ2v) is 7.49. The number of hydrogen-bond acceptors (Lipinski definition) is 6. The van der Waals surface area contributed by atoms with E-state index in [0.717, 1.165) is 16.9 Å². The summed E-state index contributed by atoms with van der Waals surface area (Å²) in [6, 6.07) is 9.11. The lowest BCUT2D eigenvalue weighted by Crippen LogP contribution is -2.49. The van der Waals surface area contributed by atoms with Crippen LogP contribution in [0.15, 0.2) is 36.5 Å². The largest absolute Gasteiger partial charge is 0.497 e. The molecule has 2 aromatic rings. The number of nitrogens with zero attached hydrogens (tertiary/aromatic N) is 2. The number of hydrogen-bond donors (Lipinski definition) is 2. The molecule has 7 nitrogen and oxygen atoms in total. The molecule has 29 heavy (non-hydrogen) atoms. The van der Waals surface area contributed by atoms with Gasteiger partial charge in [-0.1, -0.05) is 19.1 Å². The molecule has 0 aliphatic carbocycles. The highest BCUT2D eigenvalue weighted by Crippen LogP contribution is 2.30. The first kappa shape index (κ1) is 21.1. The van der Waals surface area contributed by atoms with Gasteiger partial charge in [-0.3, -0.25) is 4.79 Å². The lowest BCUT2D eigenvalue weighted by Gasteiger charge is -2.36. The molecule has 2 N–H and O–H groups in total. The highest BCUT2D eigenvalue weighted by Gasteiger charge is 2.33. The minimum Gasteiger partial charge on any atom is -0.497 e. The van der Waals surface area contributed by atoms with Crippen LogP contribution in [0, 0.1) is 5.92 Å². The van der Waals surface area contributed by atoms with Gasteiger partial charge in [-0.15, -0.1) is 0 Å². The number of carbonyl (C=O) groups is 1. The summed E-state index contributed by atoms with van der Waals surface area (Å²) in [5.41, 5.74) is 2.16. The summed E-state index contributed by atoms with van der Waals surface area (Å²) in [4.78, 5) is 19.5. The van der Waals surface area contributed by atoms with Crippen molar-refractivity contribution >= 4 is 5.91 Å². The number of amides is 1. The third kappa shape index (κ3) is 4.52. The van der Waals surface area contributed by atoms with Crippen LogP contribution in [-0.4, -0.2) is 66.9 Å². The van der Waals surface area contributed by atoms with Crippen molar-refractivity contribution in [2.45, 2.75) is 26.0 Å². The van der Waals surface area contributed by atoms with E-state index >= 15 is 0 Å². The molecule has 1 aromatic carbocycles. The maximum absolute atomic E-state index is 13.3. The minimum atomic E-state index is -0.296. The average Bonchev–Trinajstić information content (AvgIpc) is 2.75. The van der Waals surface area contributed by atoms with Gasteiger partial charge in [0.1, 0.15) is 17.4 Å². The van der Waals surface area contributed by atoms with Crippen LogP contribution in [0.2, 0.25) is 0 Å². The van der Waals surface area contributed by atoms with Crippen molar-refractivity contribution in [2.75, 3.05) is 33.9 Å². The summed E-state index contributed by atoms with van der Waals surface area (Å²) in [7, 11) is 3.49. The van der Waals surface area contributed by atoms with Crippen LogP contribution in [0.4, 0.5) is 0 Å². The number of benzene rings is 1. The van der Waals surface area contributed by atoms with Gasteiger partial charge in [0.05, 0.1) is 19.8 Å². The molecule has 1 aromatic heterocycles. The van der Waals surface area contributed by atoms with Crippen molar-refractivity contribution in [3.8, 4) is 22.8 Å². The van der Waals surface area contributed by atoms with Crippen molar-refractivity contribution < 1.29 is 19.4 Å². The zero-order valence-corrected chi connectivity index (χ0v) is 17.4. The van der Waals surface area contributed by atoms with Gasteiger partial charge in [0.2, 0.25) is 5.88 Å². The highest BCUT2D eigenvalue weighted by atomic mass is 16.5. The Balaban J connectivity index is 2.04. The second kappa shape index (κ2) is 9.24. The van der Waals surface area contributed by atoms with Crippen LogP contribution < -0.4 is 14.8 Å². The summed E-state index contributed by atoms with van der Waals surface area (Å²) < 4.78 is 11.4. The number of pyridine rings is 1. The van der Waals surface area contributed by atoms with Crippen LogP contribution >= 0.6 is 0 Å². The molecule has 7 heteroatoms. The molecule has 0 saturated carbocycles. The van der Waals surface area contributed by atoms with Crippen molar-refractivity contribution in [1.29, 1.82) is 0 Å². The van der Waals surface area contributed by atoms with Gasteiger partial charge in [0.25, 0.3) is 5.91 Å². The summed E-state index contributed by atoms with van der Waals surface area (Å²) in [5.74, 6) is 0.990. The number of aliphatic hydroxyl groups excluding tert-OH is 1. The molecule has 1 amide bonds. The van der Waals surface area contributed by atoms with Crippen LogP contribution in [0.25, 0.3) is 11.1 Å². The first-order valence-corrected chi connectivity index (χ1v) is 9.86. The Bertz CT molecular complexity index is 840. The maximum atomic E-state index is 13.3. The Morgan fingerprint density at radius 3 is 2.69 bits per heavy atom. The zero-order chi connectivity index (χ0) is 21.0. The molecule has 0 radical (unpaired) electrons. The maximum Gasteiger partial charge on any atom is 0.259 e.